The van der Waals surface area contributed by atoms with Gasteiger partial charge in [0.1, 0.15) is 0 Å². The smallest absolute Gasteiger partial charge is 0.329 e. The van der Waals surface area contributed by atoms with E-state index in [2.05, 4.69) is 20.6 Å². The van der Waals surface area contributed by atoms with Crippen LogP contribution in [0.2, 0.25) is 0 Å². The summed E-state index contributed by atoms with van der Waals surface area (Å²) in [5, 5.41) is 4.59. The molecule has 6 nitrogen and oxygen atoms in total. The van der Waals surface area contributed by atoms with Crippen molar-refractivity contribution in [3.8, 4) is 11.3 Å². The Balaban J connectivity index is 1.93. The summed E-state index contributed by atoms with van der Waals surface area (Å²) in [4.78, 5) is 31.0. The second-order valence-corrected chi connectivity index (χ2v) is 6.81. The van der Waals surface area contributed by atoms with E-state index in [1.807, 2.05) is 0 Å². The van der Waals surface area contributed by atoms with Gasteiger partial charge in [0.25, 0.3) is 5.91 Å². The number of hydrogen-bond acceptors (Lipinski definition) is 4. The van der Waals surface area contributed by atoms with Crippen LogP contribution in [0, 0.1) is 6.92 Å². The number of anilines is 2. The van der Waals surface area contributed by atoms with E-state index in [-0.39, 0.29) is 12.0 Å². The average Bonchev–Trinajstić information content (AvgIpc) is 2.74. The molecule has 0 atom stereocenters. The summed E-state index contributed by atoms with van der Waals surface area (Å²) in [6.07, 6.45) is -8.34. The van der Waals surface area contributed by atoms with Crippen LogP contribution in [0.3, 0.4) is 0 Å². The van der Waals surface area contributed by atoms with Crippen molar-refractivity contribution in [1.29, 1.82) is 0 Å². The Morgan fingerprint density at radius 2 is 1.52 bits per heavy atom. The Morgan fingerprint density at radius 1 is 0.939 bits per heavy atom. The Hall–Kier alpha value is -3.96. The summed E-state index contributed by atoms with van der Waals surface area (Å²) in [7, 11) is 0. The van der Waals surface area contributed by atoms with Crippen molar-refractivity contribution in [3.05, 3.63) is 70.9 Å². The standard InChI is InChI=1S/C21H14F6N4O2/c1-11-9-28-19(30-17(11)12-2-4-16(5-3-12)29-10-32)31-18(33)13-6-14(20(22,23)24)8-15(7-13)21(25,26)27/h2-10H,1H3,(H,29,32)(H,28,30,31,33). The summed E-state index contributed by atoms with van der Waals surface area (Å²) in [6, 6.07) is 6.98. The van der Waals surface area contributed by atoms with Crippen molar-refractivity contribution >= 4 is 24.0 Å². The molecule has 0 saturated carbocycles. The van der Waals surface area contributed by atoms with Crippen LogP contribution in [0.1, 0.15) is 27.0 Å². The lowest BCUT2D eigenvalue weighted by atomic mass is 10.0. The normalized spacial score (nSPS) is 11.7. The van der Waals surface area contributed by atoms with Gasteiger partial charge < -0.3 is 5.32 Å². The summed E-state index contributed by atoms with van der Waals surface area (Å²) >= 11 is 0. The number of rotatable bonds is 5. The highest BCUT2D eigenvalue weighted by Gasteiger charge is 2.37. The van der Waals surface area contributed by atoms with Gasteiger partial charge in [-0.15, -0.1) is 0 Å². The summed E-state index contributed by atoms with van der Waals surface area (Å²) in [5.74, 6) is -1.56. The van der Waals surface area contributed by atoms with E-state index in [1.54, 1.807) is 31.2 Å². The number of nitrogens with zero attached hydrogens (tertiary/aromatic N) is 2. The average molecular weight is 468 g/mol. The summed E-state index contributed by atoms with van der Waals surface area (Å²) in [6.45, 7) is 1.67. The van der Waals surface area contributed by atoms with E-state index in [0.29, 0.717) is 41.1 Å². The second-order valence-electron chi connectivity index (χ2n) is 6.81. The van der Waals surface area contributed by atoms with Crippen molar-refractivity contribution < 1.29 is 35.9 Å². The number of hydrogen-bond donors (Lipinski definition) is 2. The molecule has 0 aliphatic heterocycles. The number of benzene rings is 2. The minimum Gasteiger partial charge on any atom is -0.329 e. The number of halogens is 6. The number of alkyl halides is 6. The van der Waals surface area contributed by atoms with Crippen molar-refractivity contribution in [2.24, 2.45) is 0 Å². The van der Waals surface area contributed by atoms with Gasteiger partial charge in [-0.1, -0.05) is 12.1 Å². The fraction of sp³-hybridized carbons (Fsp3) is 0.143. The van der Waals surface area contributed by atoms with Crippen molar-refractivity contribution in [1.82, 2.24) is 9.97 Å². The molecule has 172 valence electrons. The third-order valence-corrected chi connectivity index (χ3v) is 4.43. The first kappa shape index (κ1) is 23.7. The van der Waals surface area contributed by atoms with Gasteiger partial charge in [-0.25, -0.2) is 9.97 Å². The van der Waals surface area contributed by atoms with Gasteiger partial charge in [0.05, 0.1) is 16.8 Å². The van der Waals surface area contributed by atoms with Crippen molar-refractivity contribution in [2.45, 2.75) is 19.3 Å². The first-order valence-electron chi connectivity index (χ1n) is 9.13. The maximum absolute atomic E-state index is 13.0. The fourth-order valence-corrected chi connectivity index (χ4v) is 2.85. The summed E-state index contributed by atoms with van der Waals surface area (Å²) in [5.41, 5.74) is -2.05. The predicted octanol–water partition coefficient (Wildman–Crippen LogP) is 5.31. The molecule has 3 rings (SSSR count). The molecule has 2 aromatic carbocycles. The number of nitrogens with one attached hydrogen (secondary N) is 2. The van der Waals surface area contributed by atoms with Gasteiger partial charge in [-0.05, 0) is 42.8 Å². The molecule has 0 fully saturated rings. The molecule has 2 N–H and O–H groups in total. The molecule has 1 aromatic heterocycles. The zero-order chi connectivity index (χ0) is 24.4. The Morgan fingerprint density at radius 3 is 2.03 bits per heavy atom. The Kier molecular flexibility index (Phi) is 6.38. The molecule has 12 heteroatoms. The highest BCUT2D eigenvalue weighted by Crippen LogP contribution is 2.36. The lowest BCUT2D eigenvalue weighted by Gasteiger charge is -2.14. The molecule has 2 amide bonds. The number of carbonyl (C=O) groups excluding carboxylic acids is 2. The van der Waals surface area contributed by atoms with Gasteiger partial charge in [-0.2, -0.15) is 26.3 Å². The largest absolute Gasteiger partial charge is 0.416 e. The monoisotopic (exact) mass is 468 g/mol. The highest BCUT2D eigenvalue weighted by molar-refractivity contribution is 6.03. The van der Waals surface area contributed by atoms with Gasteiger partial charge in [0.15, 0.2) is 0 Å². The zero-order valence-electron chi connectivity index (χ0n) is 16.7. The molecule has 0 aliphatic carbocycles. The molecule has 0 radical (unpaired) electrons. The maximum atomic E-state index is 13.0. The van der Waals surface area contributed by atoms with Crippen LogP contribution in [-0.4, -0.2) is 22.3 Å². The summed E-state index contributed by atoms with van der Waals surface area (Å²) < 4.78 is 78.2. The van der Waals surface area contributed by atoms with E-state index in [0.717, 1.165) is 0 Å². The van der Waals surface area contributed by atoms with Crippen LogP contribution in [0.4, 0.5) is 38.0 Å². The predicted molar refractivity (Wildman–Crippen MR) is 106 cm³/mol. The number of carbonyl (C=O) groups is 2. The Bertz CT molecular complexity index is 1160. The quantitative estimate of drug-likeness (QED) is 0.393. The molecule has 1 heterocycles. The van der Waals surface area contributed by atoms with Gasteiger partial charge in [0, 0.05) is 23.0 Å². The Labute approximate surface area is 182 Å². The van der Waals surface area contributed by atoms with E-state index < -0.39 is 35.0 Å². The highest BCUT2D eigenvalue weighted by atomic mass is 19.4. The minimum absolute atomic E-state index is 0.0691. The molecule has 33 heavy (non-hydrogen) atoms. The van der Waals surface area contributed by atoms with Gasteiger partial charge in [-0.3, -0.25) is 14.9 Å². The lowest BCUT2D eigenvalue weighted by Crippen LogP contribution is -2.18. The minimum atomic E-state index is -5.09. The fourth-order valence-electron chi connectivity index (χ4n) is 2.85. The van der Waals surface area contributed by atoms with Crippen molar-refractivity contribution in [3.63, 3.8) is 0 Å². The zero-order valence-corrected chi connectivity index (χ0v) is 16.7. The third-order valence-electron chi connectivity index (χ3n) is 4.43. The molecule has 0 spiro atoms. The third kappa shape index (κ3) is 5.64. The van der Waals surface area contributed by atoms with E-state index >= 15 is 0 Å². The van der Waals surface area contributed by atoms with Crippen molar-refractivity contribution in [2.75, 3.05) is 10.6 Å². The first-order chi connectivity index (χ1) is 15.4. The SMILES string of the molecule is Cc1cnc(NC(=O)c2cc(C(F)(F)F)cc(C(F)(F)F)c2)nc1-c1ccc(NC=O)cc1. The molecular formula is C21H14F6N4O2. The van der Waals surface area contributed by atoms with Crippen LogP contribution in [-0.2, 0) is 17.1 Å². The van der Waals surface area contributed by atoms with Crippen LogP contribution >= 0.6 is 0 Å². The number of aromatic nitrogens is 2. The molecule has 3 aromatic rings. The molecule has 0 unspecified atom stereocenters. The van der Waals surface area contributed by atoms with Gasteiger partial charge in [0.2, 0.25) is 12.4 Å². The van der Waals surface area contributed by atoms with Crippen LogP contribution in [0.25, 0.3) is 11.3 Å². The lowest BCUT2D eigenvalue weighted by molar-refractivity contribution is -0.143. The topological polar surface area (TPSA) is 84.0 Å². The number of aryl methyl sites for hydroxylation is 1. The maximum Gasteiger partial charge on any atom is 0.416 e. The van der Waals surface area contributed by atoms with E-state index in [9.17, 15) is 35.9 Å². The molecule has 0 aliphatic rings. The van der Waals surface area contributed by atoms with E-state index in [4.69, 9.17) is 0 Å². The first-order valence-corrected chi connectivity index (χ1v) is 9.13. The van der Waals surface area contributed by atoms with Crippen LogP contribution in [0.5, 0.6) is 0 Å². The van der Waals surface area contributed by atoms with Crippen LogP contribution in [0.15, 0.2) is 48.7 Å². The van der Waals surface area contributed by atoms with E-state index in [1.165, 1.54) is 6.20 Å². The second kappa shape index (κ2) is 8.88. The molecule has 0 bridgehead atoms. The van der Waals surface area contributed by atoms with Crippen LogP contribution < -0.4 is 10.6 Å². The molecular weight excluding hydrogens is 454 g/mol. The van der Waals surface area contributed by atoms with Gasteiger partial charge >= 0.3 is 12.4 Å². The number of amides is 2. The molecule has 0 saturated heterocycles.